The van der Waals surface area contributed by atoms with Crippen LogP contribution in [0.15, 0.2) is 84.4 Å². The fourth-order valence-corrected chi connectivity index (χ4v) is 3.16. The molecule has 5 heteroatoms. The van der Waals surface area contributed by atoms with E-state index in [4.69, 9.17) is 9.47 Å². The molecule has 0 unspecified atom stereocenters. The van der Waals surface area contributed by atoms with Crippen molar-refractivity contribution in [2.75, 3.05) is 11.9 Å². The molecule has 3 aromatic rings. The van der Waals surface area contributed by atoms with Crippen LogP contribution in [-0.4, -0.2) is 18.5 Å². The number of hydrogen-bond acceptors (Lipinski definition) is 4. The van der Waals surface area contributed by atoms with Crippen LogP contribution in [0.2, 0.25) is 0 Å². The molecule has 1 amide bonds. The highest BCUT2D eigenvalue weighted by atomic mass is 16.6. The summed E-state index contributed by atoms with van der Waals surface area (Å²) >= 11 is 0. The molecule has 30 heavy (non-hydrogen) atoms. The first-order valence-corrected chi connectivity index (χ1v) is 9.66. The number of para-hydroxylation sites is 1. The lowest BCUT2D eigenvalue weighted by Crippen LogP contribution is -2.27. The zero-order valence-electron chi connectivity index (χ0n) is 16.5. The minimum Gasteiger partial charge on any atom is -0.488 e. The summed E-state index contributed by atoms with van der Waals surface area (Å²) < 4.78 is 11.3. The van der Waals surface area contributed by atoms with Crippen molar-refractivity contribution in [1.82, 2.24) is 0 Å². The molecule has 4 rings (SSSR count). The number of nitrogens with one attached hydrogen (secondary N) is 1. The van der Waals surface area contributed by atoms with E-state index in [9.17, 15) is 9.59 Å². The van der Waals surface area contributed by atoms with E-state index in [-0.39, 0.29) is 6.61 Å². The molecule has 1 heterocycles. The zero-order chi connectivity index (χ0) is 20.9. The Kier molecular flexibility index (Phi) is 5.61. The average molecular weight is 399 g/mol. The molecule has 1 aliphatic rings. The summed E-state index contributed by atoms with van der Waals surface area (Å²) in [7, 11) is 0. The van der Waals surface area contributed by atoms with E-state index in [2.05, 4.69) is 5.32 Å². The first-order valence-electron chi connectivity index (χ1n) is 9.66. The third kappa shape index (κ3) is 4.41. The second-order valence-electron chi connectivity index (χ2n) is 7.05. The summed E-state index contributed by atoms with van der Waals surface area (Å²) in [5.41, 5.74) is 3.47. The normalized spacial score (nSPS) is 13.3. The van der Waals surface area contributed by atoms with E-state index < -0.39 is 18.0 Å². The van der Waals surface area contributed by atoms with Gasteiger partial charge in [-0.05, 0) is 31.2 Å². The summed E-state index contributed by atoms with van der Waals surface area (Å²) in [5, 5.41) is 2.82. The van der Waals surface area contributed by atoms with Crippen molar-refractivity contribution in [3.05, 3.63) is 101 Å². The second kappa shape index (κ2) is 8.66. The van der Waals surface area contributed by atoms with E-state index in [0.29, 0.717) is 22.6 Å². The van der Waals surface area contributed by atoms with Crippen molar-refractivity contribution in [3.8, 4) is 5.75 Å². The maximum Gasteiger partial charge on any atom is 0.338 e. The number of ether oxygens (including phenoxy) is 2. The van der Waals surface area contributed by atoms with Crippen molar-refractivity contribution >= 4 is 23.6 Å². The molecule has 0 aromatic heterocycles. The predicted molar refractivity (Wildman–Crippen MR) is 115 cm³/mol. The molecule has 150 valence electrons. The number of anilines is 1. The highest BCUT2D eigenvalue weighted by Gasteiger charge is 2.28. The predicted octanol–water partition coefficient (Wildman–Crippen LogP) is 4.69. The number of fused-ring (bicyclic) bond motifs is 1. The van der Waals surface area contributed by atoms with Crippen LogP contribution in [0.25, 0.3) is 6.08 Å². The van der Waals surface area contributed by atoms with E-state index in [0.717, 1.165) is 11.1 Å². The number of carbonyl (C=O) groups is 2. The molecular formula is C25H21NO4. The molecule has 0 aliphatic carbocycles. The highest BCUT2D eigenvalue weighted by Crippen LogP contribution is 2.28. The monoisotopic (exact) mass is 399 g/mol. The van der Waals surface area contributed by atoms with Crippen LogP contribution in [-0.2, 0) is 14.3 Å². The summed E-state index contributed by atoms with van der Waals surface area (Å²) in [4.78, 5) is 25.8. The van der Waals surface area contributed by atoms with Crippen molar-refractivity contribution in [2.24, 2.45) is 0 Å². The van der Waals surface area contributed by atoms with Gasteiger partial charge in [0.15, 0.2) is 0 Å². The SMILES string of the molecule is Cc1ccc(NC(=O)[C@@H](OC(=O)C2=Cc3ccccc3OC2)c2ccccc2)cc1. The Bertz CT molecular complexity index is 1090. The zero-order valence-corrected chi connectivity index (χ0v) is 16.5. The van der Waals surface area contributed by atoms with Crippen molar-refractivity contribution in [1.29, 1.82) is 0 Å². The number of hydrogen-bond donors (Lipinski definition) is 1. The van der Waals surface area contributed by atoms with Crippen LogP contribution in [0.5, 0.6) is 5.75 Å². The molecule has 0 fully saturated rings. The standard InChI is InChI=1S/C25H21NO4/c1-17-11-13-21(14-12-17)26-24(27)23(18-7-3-2-4-8-18)30-25(28)20-15-19-9-5-6-10-22(19)29-16-20/h2-15,23H,16H2,1H3,(H,26,27)/t23-/m0/s1. The van der Waals surface area contributed by atoms with Crippen LogP contribution in [0.4, 0.5) is 5.69 Å². The lowest BCUT2D eigenvalue weighted by molar-refractivity contribution is -0.151. The van der Waals surface area contributed by atoms with Crippen LogP contribution in [0.3, 0.4) is 0 Å². The highest BCUT2D eigenvalue weighted by molar-refractivity contribution is 6.00. The van der Waals surface area contributed by atoms with Crippen LogP contribution in [0, 0.1) is 6.92 Å². The lowest BCUT2D eigenvalue weighted by Gasteiger charge is -2.21. The van der Waals surface area contributed by atoms with E-state index >= 15 is 0 Å². The molecule has 0 saturated heterocycles. The van der Waals surface area contributed by atoms with Gasteiger partial charge in [-0.25, -0.2) is 4.79 Å². The lowest BCUT2D eigenvalue weighted by atomic mass is 10.1. The molecule has 1 atom stereocenters. The van der Waals surface area contributed by atoms with Gasteiger partial charge in [-0.1, -0.05) is 66.2 Å². The molecule has 1 aliphatic heterocycles. The molecule has 1 N–H and O–H groups in total. The number of esters is 1. The van der Waals surface area contributed by atoms with Gasteiger partial charge in [0, 0.05) is 16.8 Å². The van der Waals surface area contributed by atoms with Gasteiger partial charge in [-0.3, -0.25) is 4.79 Å². The molecule has 0 saturated carbocycles. The summed E-state index contributed by atoms with van der Waals surface area (Å²) in [6.45, 7) is 2.06. The van der Waals surface area contributed by atoms with E-state index in [1.54, 1.807) is 30.3 Å². The van der Waals surface area contributed by atoms with Gasteiger partial charge < -0.3 is 14.8 Å². The molecule has 5 nitrogen and oxygen atoms in total. The number of aryl methyl sites for hydroxylation is 1. The topological polar surface area (TPSA) is 64.6 Å². The molecule has 0 spiro atoms. The Hall–Kier alpha value is -3.86. The van der Waals surface area contributed by atoms with Gasteiger partial charge in [0.1, 0.15) is 12.4 Å². The summed E-state index contributed by atoms with van der Waals surface area (Å²) in [6.07, 6.45) is 0.652. The first kappa shape index (κ1) is 19.5. The third-order valence-corrected chi connectivity index (χ3v) is 4.78. The van der Waals surface area contributed by atoms with Crippen molar-refractivity contribution in [3.63, 3.8) is 0 Å². The van der Waals surface area contributed by atoms with Crippen LogP contribution in [0.1, 0.15) is 22.8 Å². The number of carbonyl (C=O) groups excluding carboxylic acids is 2. The van der Waals surface area contributed by atoms with E-state index in [1.807, 2.05) is 61.5 Å². The van der Waals surface area contributed by atoms with Crippen molar-refractivity contribution < 1.29 is 19.1 Å². The van der Waals surface area contributed by atoms with E-state index in [1.165, 1.54) is 0 Å². The minimum atomic E-state index is -1.09. The second-order valence-corrected chi connectivity index (χ2v) is 7.05. The Balaban J connectivity index is 1.56. The molecular weight excluding hydrogens is 378 g/mol. The maximum absolute atomic E-state index is 13.0. The van der Waals surface area contributed by atoms with Gasteiger partial charge in [0.25, 0.3) is 5.91 Å². The molecule has 0 radical (unpaired) electrons. The van der Waals surface area contributed by atoms with Gasteiger partial charge in [-0.15, -0.1) is 0 Å². The number of amides is 1. The van der Waals surface area contributed by atoms with Crippen molar-refractivity contribution in [2.45, 2.75) is 13.0 Å². The minimum absolute atomic E-state index is 0.0942. The van der Waals surface area contributed by atoms with Crippen LogP contribution >= 0.6 is 0 Å². The quantitative estimate of drug-likeness (QED) is 0.632. The Morgan fingerprint density at radius 1 is 0.933 bits per heavy atom. The summed E-state index contributed by atoms with van der Waals surface area (Å²) in [6, 6.07) is 23.8. The Morgan fingerprint density at radius 2 is 1.63 bits per heavy atom. The summed E-state index contributed by atoms with van der Waals surface area (Å²) in [5.74, 6) is -0.292. The van der Waals surface area contributed by atoms with Gasteiger partial charge >= 0.3 is 5.97 Å². The largest absolute Gasteiger partial charge is 0.488 e. The fourth-order valence-electron chi connectivity index (χ4n) is 3.16. The smallest absolute Gasteiger partial charge is 0.338 e. The van der Waals surface area contributed by atoms with Crippen LogP contribution < -0.4 is 10.1 Å². The molecule has 3 aromatic carbocycles. The molecule has 0 bridgehead atoms. The fraction of sp³-hybridized carbons (Fsp3) is 0.120. The van der Waals surface area contributed by atoms with Gasteiger partial charge in [0.2, 0.25) is 6.10 Å². The van der Waals surface area contributed by atoms with Gasteiger partial charge in [0.05, 0.1) is 5.57 Å². The number of rotatable bonds is 5. The average Bonchev–Trinajstić information content (AvgIpc) is 2.79. The third-order valence-electron chi connectivity index (χ3n) is 4.78. The first-order chi connectivity index (χ1) is 14.6. The Labute approximate surface area is 175 Å². The van der Waals surface area contributed by atoms with Gasteiger partial charge in [-0.2, -0.15) is 0 Å². The maximum atomic E-state index is 13.0. The number of benzene rings is 3. The Morgan fingerprint density at radius 3 is 2.40 bits per heavy atom.